The van der Waals surface area contributed by atoms with Crippen molar-refractivity contribution in [3.63, 3.8) is 0 Å². The maximum absolute atomic E-state index is 11.2. The van der Waals surface area contributed by atoms with E-state index in [4.69, 9.17) is 0 Å². The molecule has 8 heavy (non-hydrogen) atoms. The van der Waals surface area contributed by atoms with E-state index in [1.165, 1.54) is 0 Å². The molecular weight excluding hydrogens is 107 g/mol. The van der Waals surface area contributed by atoms with E-state index in [1.54, 1.807) is 13.8 Å². The number of ketones is 1. The maximum atomic E-state index is 11.2. The Morgan fingerprint density at radius 1 is 1.62 bits per heavy atom. The van der Waals surface area contributed by atoms with Crippen LogP contribution in [-0.2, 0) is 4.79 Å². The normalized spacial score (nSPS) is 11.0. The van der Waals surface area contributed by atoms with E-state index in [0.717, 1.165) is 6.08 Å². The van der Waals surface area contributed by atoms with Gasteiger partial charge in [-0.2, -0.15) is 0 Å². The van der Waals surface area contributed by atoms with E-state index in [2.05, 4.69) is 0 Å². The Balaban J connectivity index is 3.66. The van der Waals surface area contributed by atoms with E-state index >= 15 is 0 Å². The van der Waals surface area contributed by atoms with Gasteiger partial charge in [-0.15, -0.1) is 0 Å². The first-order valence-electron chi connectivity index (χ1n) is 2.49. The lowest BCUT2D eigenvalue weighted by molar-refractivity contribution is -0.117. The molecule has 0 saturated carbocycles. The van der Waals surface area contributed by atoms with Crippen LogP contribution >= 0.6 is 0 Å². The monoisotopic (exact) mass is 116 g/mol. The molecule has 0 heterocycles. The minimum absolute atomic E-state index is 0.0954. The van der Waals surface area contributed by atoms with Crippen molar-refractivity contribution in [2.24, 2.45) is 5.92 Å². The summed E-state index contributed by atoms with van der Waals surface area (Å²) in [5, 5.41) is 0. The molecule has 0 aliphatic carbocycles. The smallest absolute Gasteiger partial charge is 0.160 e. The molecule has 0 amide bonds. The van der Waals surface area contributed by atoms with Crippen LogP contribution in [0.25, 0.3) is 0 Å². The molecule has 0 rings (SSSR count). The highest BCUT2D eigenvalue weighted by Gasteiger charge is 1.99. The first-order chi connectivity index (χ1) is 3.68. The van der Waals surface area contributed by atoms with Gasteiger partial charge in [-0.25, -0.2) is 4.39 Å². The fourth-order valence-corrected chi connectivity index (χ4v) is 0.255. The molecule has 0 bridgehead atoms. The second-order valence-corrected chi connectivity index (χ2v) is 1.85. The zero-order valence-electron chi connectivity index (χ0n) is 5.02. The van der Waals surface area contributed by atoms with Crippen molar-refractivity contribution in [1.29, 1.82) is 0 Å². The van der Waals surface area contributed by atoms with Gasteiger partial charge in [-0.05, 0) is 0 Å². The van der Waals surface area contributed by atoms with Crippen LogP contribution < -0.4 is 0 Å². The predicted molar refractivity (Wildman–Crippen MR) is 30.1 cm³/mol. The van der Waals surface area contributed by atoms with Crippen molar-refractivity contribution in [3.8, 4) is 0 Å². The number of allylic oxidation sites excluding steroid dienone is 1. The third kappa shape index (κ3) is 2.50. The Kier molecular flexibility index (Phi) is 3.08. The predicted octanol–water partition coefficient (Wildman–Crippen LogP) is 1.69. The average molecular weight is 116 g/mol. The van der Waals surface area contributed by atoms with Crippen molar-refractivity contribution in [2.45, 2.75) is 13.8 Å². The van der Waals surface area contributed by atoms with Gasteiger partial charge in [0.15, 0.2) is 5.78 Å². The van der Waals surface area contributed by atoms with Crippen LogP contribution in [-0.4, -0.2) is 5.78 Å². The van der Waals surface area contributed by atoms with Crippen LogP contribution in [0.5, 0.6) is 0 Å². The lowest BCUT2D eigenvalue weighted by Crippen LogP contribution is -2.01. The van der Waals surface area contributed by atoms with E-state index in [-0.39, 0.29) is 18.0 Å². The summed E-state index contributed by atoms with van der Waals surface area (Å²) in [5.74, 6) is -0.269. The van der Waals surface area contributed by atoms with E-state index in [1.807, 2.05) is 0 Å². The van der Waals surface area contributed by atoms with Crippen LogP contribution in [0.15, 0.2) is 12.4 Å². The molecule has 0 spiro atoms. The number of hydrogen-bond acceptors (Lipinski definition) is 1. The van der Waals surface area contributed by atoms with Crippen LogP contribution in [0.3, 0.4) is 0 Å². The van der Waals surface area contributed by atoms with Crippen molar-refractivity contribution < 1.29 is 9.18 Å². The van der Waals surface area contributed by atoms with Gasteiger partial charge in [0.25, 0.3) is 0 Å². The molecule has 0 atom stereocenters. The standard InChI is InChI=1S/C6H9FO/c1-5(2)6(8)3-4-7/h3-5H,1-2H3/b4-3+. The van der Waals surface area contributed by atoms with E-state index < -0.39 is 0 Å². The SMILES string of the molecule is CC(C)C(=O)/C=C/F. The van der Waals surface area contributed by atoms with Crippen molar-refractivity contribution in [1.82, 2.24) is 0 Å². The lowest BCUT2D eigenvalue weighted by Gasteiger charge is -1.92. The second-order valence-electron chi connectivity index (χ2n) is 1.85. The number of hydrogen-bond donors (Lipinski definition) is 0. The fourth-order valence-electron chi connectivity index (χ4n) is 0.255. The molecule has 0 aromatic heterocycles. The van der Waals surface area contributed by atoms with Crippen molar-refractivity contribution in [3.05, 3.63) is 12.4 Å². The van der Waals surface area contributed by atoms with Crippen molar-refractivity contribution in [2.75, 3.05) is 0 Å². The van der Waals surface area contributed by atoms with Crippen molar-refractivity contribution >= 4 is 5.78 Å². The molecule has 46 valence electrons. The summed E-state index contributed by atoms with van der Waals surface area (Å²) in [6, 6.07) is 0. The Morgan fingerprint density at radius 2 is 2.12 bits per heavy atom. The fraction of sp³-hybridized carbons (Fsp3) is 0.500. The zero-order chi connectivity index (χ0) is 6.57. The number of rotatable bonds is 2. The summed E-state index contributed by atoms with van der Waals surface area (Å²) >= 11 is 0. The van der Waals surface area contributed by atoms with Gasteiger partial charge in [-0.1, -0.05) is 13.8 Å². The largest absolute Gasteiger partial charge is 0.294 e. The van der Waals surface area contributed by atoms with E-state index in [0.29, 0.717) is 0 Å². The number of carbonyl (C=O) groups is 1. The minimum atomic E-state index is -0.174. The lowest BCUT2D eigenvalue weighted by atomic mass is 10.1. The molecule has 0 saturated heterocycles. The maximum Gasteiger partial charge on any atom is 0.160 e. The summed E-state index contributed by atoms with van der Waals surface area (Å²) in [6.45, 7) is 3.45. The van der Waals surface area contributed by atoms with Crippen LogP contribution in [0.2, 0.25) is 0 Å². The van der Waals surface area contributed by atoms with Crippen LogP contribution in [0, 0.1) is 5.92 Å². The quantitative estimate of drug-likeness (QED) is 0.502. The molecule has 0 N–H and O–H groups in total. The Labute approximate surface area is 48.2 Å². The summed E-state index contributed by atoms with van der Waals surface area (Å²) in [7, 11) is 0. The molecule has 0 aromatic rings. The van der Waals surface area contributed by atoms with Crippen LogP contribution in [0.4, 0.5) is 4.39 Å². The summed E-state index contributed by atoms with van der Waals surface area (Å²) < 4.78 is 11.2. The molecule has 0 fully saturated rings. The molecule has 0 unspecified atom stereocenters. The third-order valence-electron chi connectivity index (χ3n) is 0.796. The molecule has 0 aliphatic rings. The first-order valence-corrected chi connectivity index (χ1v) is 2.49. The molecule has 1 nitrogen and oxygen atoms in total. The minimum Gasteiger partial charge on any atom is -0.294 e. The summed E-state index contributed by atoms with van der Waals surface area (Å²) in [5.41, 5.74) is 0. The van der Waals surface area contributed by atoms with Gasteiger partial charge >= 0.3 is 0 Å². The first kappa shape index (κ1) is 7.34. The molecular formula is C6H9FO. The highest BCUT2D eigenvalue weighted by Crippen LogP contribution is 1.94. The molecule has 0 aliphatic heterocycles. The summed E-state index contributed by atoms with van der Waals surface area (Å²) in [6.07, 6.45) is 1.20. The number of carbonyl (C=O) groups excluding carboxylic acids is 1. The highest BCUT2D eigenvalue weighted by molar-refractivity contribution is 5.90. The molecule has 2 heteroatoms. The zero-order valence-corrected chi connectivity index (χ0v) is 5.02. The third-order valence-corrected chi connectivity index (χ3v) is 0.796. The van der Waals surface area contributed by atoms with Gasteiger partial charge in [0.1, 0.15) is 0 Å². The Morgan fingerprint density at radius 3 is 2.25 bits per heavy atom. The van der Waals surface area contributed by atoms with E-state index in [9.17, 15) is 9.18 Å². The van der Waals surface area contributed by atoms with Crippen LogP contribution in [0.1, 0.15) is 13.8 Å². The second kappa shape index (κ2) is 3.36. The molecule has 0 aromatic carbocycles. The number of halogens is 1. The molecule has 0 radical (unpaired) electrons. The summed E-state index contributed by atoms with van der Waals surface area (Å²) in [4.78, 5) is 10.4. The highest BCUT2D eigenvalue weighted by atomic mass is 19.1. The topological polar surface area (TPSA) is 17.1 Å². The Hall–Kier alpha value is -0.660. The van der Waals surface area contributed by atoms with Gasteiger partial charge in [0.05, 0.1) is 6.33 Å². The van der Waals surface area contributed by atoms with Gasteiger partial charge in [-0.3, -0.25) is 4.79 Å². The Bertz CT molecular complexity index is 105. The van der Waals surface area contributed by atoms with Gasteiger partial charge < -0.3 is 0 Å². The average Bonchev–Trinajstić information content (AvgIpc) is 1.67. The van der Waals surface area contributed by atoms with Gasteiger partial charge in [0, 0.05) is 12.0 Å². The van der Waals surface area contributed by atoms with Gasteiger partial charge in [0.2, 0.25) is 0 Å².